The molecular formula is C14H16Cl2N2. The number of halogens is 2. The Hall–Kier alpha value is -0.830. The molecule has 0 saturated carbocycles. The van der Waals surface area contributed by atoms with Crippen molar-refractivity contribution >= 4 is 34.1 Å². The second-order valence-electron chi connectivity index (χ2n) is 4.76. The molecule has 1 unspecified atom stereocenters. The van der Waals surface area contributed by atoms with E-state index in [4.69, 9.17) is 28.9 Å². The SMILES string of the molecule is Cc1cc(CC(C)CN)nc2c(Cl)cc(Cl)cc12. The lowest BCUT2D eigenvalue weighted by Gasteiger charge is -2.11. The van der Waals surface area contributed by atoms with Crippen molar-refractivity contribution in [3.05, 3.63) is 39.5 Å². The highest BCUT2D eigenvalue weighted by molar-refractivity contribution is 6.38. The first kappa shape index (κ1) is 13.6. The number of nitrogens with zero attached hydrogens (tertiary/aromatic N) is 1. The third-order valence-electron chi connectivity index (χ3n) is 3.05. The molecule has 0 bridgehead atoms. The molecule has 2 aromatic rings. The highest BCUT2D eigenvalue weighted by Crippen LogP contribution is 2.29. The maximum Gasteiger partial charge on any atom is 0.0895 e. The zero-order chi connectivity index (χ0) is 13.3. The van der Waals surface area contributed by atoms with Crippen LogP contribution in [0, 0.1) is 12.8 Å². The Kier molecular flexibility index (Phi) is 4.10. The number of nitrogens with two attached hydrogens (primary N) is 1. The molecule has 1 aromatic heterocycles. The molecule has 2 N–H and O–H groups in total. The number of rotatable bonds is 3. The number of hydrogen-bond acceptors (Lipinski definition) is 2. The summed E-state index contributed by atoms with van der Waals surface area (Å²) in [6.07, 6.45) is 0.867. The lowest BCUT2D eigenvalue weighted by molar-refractivity contribution is 0.585. The average molecular weight is 283 g/mol. The van der Waals surface area contributed by atoms with Gasteiger partial charge in [-0.3, -0.25) is 4.98 Å². The maximum atomic E-state index is 6.21. The summed E-state index contributed by atoms with van der Waals surface area (Å²) in [5, 5.41) is 2.25. The summed E-state index contributed by atoms with van der Waals surface area (Å²) >= 11 is 12.2. The molecule has 0 fully saturated rings. The normalized spacial score (nSPS) is 12.9. The van der Waals surface area contributed by atoms with Crippen LogP contribution in [0.5, 0.6) is 0 Å². The molecule has 0 saturated heterocycles. The van der Waals surface area contributed by atoms with Crippen molar-refractivity contribution in [3.8, 4) is 0 Å². The Labute approximate surface area is 117 Å². The first-order valence-corrected chi connectivity index (χ1v) is 6.72. The molecule has 0 radical (unpaired) electrons. The van der Waals surface area contributed by atoms with E-state index in [9.17, 15) is 0 Å². The zero-order valence-corrected chi connectivity index (χ0v) is 12.0. The number of pyridine rings is 1. The van der Waals surface area contributed by atoms with Crippen LogP contribution in [0.15, 0.2) is 18.2 Å². The highest BCUT2D eigenvalue weighted by atomic mass is 35.5. The first-order valence-electron chi connectivity index (χ1n) is 5.96. The molecule has 4 heteroatoms. The van der Waals surface area contributed by atoms with Crippen molar-refractivity contribution in [3.63, 3.8) is 0 Å². The van der Waals surface area contributed by atoms with Crippen molar-refractivity contribution in [2.75, 3.05) is 6.54 Å². The van der Waals surface area contributed by atoms with Crippen molar-refractivity contribution in [2.45, 2.75) is 20.3 Å². The molecule has 2 nitrogen and oxygen atoms in total. The fourth-order valence-electron chi connectivity index (χ4n) is 2.03. The van der Waals surface area contributed by atoms with Crippen molar-refractivity contribution in [1.82, 2.24) is 4.98 Å². The van der Waals surface area contributed by atoms with E-state index in [2.05, 4.69) is 18.0 Å². The molecule has 0 aliphatic carbocycles. The van der Waals surface area contributed by atoms with Gasteiger partial charge in [0.05, 0.1) is 10.5 Å². The van der Waals surface area contributed by atoms with E-state index in [-0.39, 0.29) is 0 Å². The fraction of sp³-hybridized carbons (Fsp3) is 0.357. The second-order valence-corrected chi connectivity index (χ2v) is 5.60. The van der Waals surface area contributed by atoms with Gasteiger partial charge in [-0.2, -0.15) is 0 Å². The van der Waals surface area contributed by atoms with Crippen LogP contribution >= 0.6 is 23.2 Å². The molecule has 1 heterocycles. The molecule has 0 amide bonds. The lowest BCUT2D eigenvalue weighted by Crippen LogP contribution is -2.14. The number of fused-ring (bicyclic) bond motifs is 1. The Balaban J connectivity index is 2.54. The van der Waals surface area contributed by atoms with Crippen LogP contribution in [0.4, 0.5) is 0 Å². The number of aryl methyl sites for hydroxylation is 1. The minimum atomic E-state index is 0.417. The van der Waals surface area contributed by atoms with Crippen LogP contribution < -0.4 is 5.73 Å². The monoisotopic (exact) mass is 282 g/mol. The minimum absolute atomic E-state index is 0.417. The summed E-state index contributed by atoms with van der Waals surface area (Å²) in [7, 11) is 0. The lowest BCUT2D eigenvalue weighted by atomic mass is 10.0. The van der Waals surface area contributed by atoms with E-state index in [1.807, 2.05) is 13.0 Å². The second kappa shape index (κ2) is 5.43. The van der Waals surface area contributed by atoms with Crippen LogP contribution in [0.3, 0.4) is 0 Å². The van der Waals surface area contributed by atoms with Gasteiger partial charge in [-0.25, -0.2) is 0 Å². The van der Waals surface area contributed by atoms with Gasteiger partial charge in [0.25, 0.3) is 0 Å². The molecular weight excluding hydrogens is 267 g/mol. The van der Waals surface area contributed by atoms with Gasteiger partial charge in [0.1, 0.15) is 0 Å². The summed E-state index contributed by atoms with van der Waals surface area (Å²) in [5.74, 6) is 0.417. The topological polar surface area (TPSA) is 38.9 Å². The van der Waals surface area contributed by atoms with E-state index < -0.39 is 0 Å². The molecule has 0 aliphatic heterocycles. The third-order valence-corrected chi connectivity index (χ3v) is 3.56. The molecule has 1 aromatic carbocycles. The smallest absolute Gasteiger partial charge is 0.0895 e. The van der Waals surface area contributed by atoms with Crippen LogP contribution in [0.1, 0.15) is 18.2 Å². The zero-order valence-electron chi connectivity index (χ0n) is 10.5. The maximum absolute atomic E-state index is 6.21. The van der Waals surface area contributed by atoms with E-state index in [0.29, 0.717) is 22.5 Å². The van der Waals surface area contributed by atoms with Crippen LogP contribution in [-0.2, 0) is 6.42 Å². The van der Waals surface area contributed by atoms with E-state index >= 15 is 0 Å². The van der Waals surface area contributed by atoms with Gasteiger partial charge < -0.3 is 5.73 Å². The summed E-state index contributed by atoms with van der Waals surface area (Å²) in [6.45, 7) is 4.82. The van der Waals surface area contributed by atoms with Crippen LogP contribution in [0.25, 0.3) is 10.9 Å². The number of benzene rings is 1. The Morgan fingerprint density at radius 3 is 2.67 bits per heavy atom. The van der Waals surface area contributed by atoms with E-state index in [0.717, 1.165) is 28.6 Å². The Morgan fingerprint density at radius 1 is 1.28 bits per heavy atom. The summed E-state index contributed by atoms with van der Waals surface area (Å²) < 4.78 is 0. The molecule has 2 rings (SSSR count). The van der Waals surface area contributed by atoms with E-state index in [1.165, 1.54) is 0 Å². The molecule has 96 valence electrons. The average Bonchev–Trinajstić information content (AvgIpc) is 2.30. The fourth-order valence-corrected chi connectivity index (χ4v) is 2.56. The van der Waals surface area contributed by atoms with Gasteiger partial charge in [-0.15, -0.1) is 0 Å². The van der Waals surface area contributed by atoms with Gasteiger partial charge in [0.2, 0.25) is 0 Å². The predicted octanol–water partition coefficient (Wildman–Crippen LogP) is 3.99. The molecule has 0 aliphatic rings. The minimum Gasteiger partial charge on any atom is -0.330 e. The van der Waals surface area contributed by atoms with Gasteiger partial charge in [-0.05, 0) is 49.6 Å². The van der Waals surface area contributed by atoms with Gasteiger partial charge in [-0.1, -0.05) is 30.1 Å². The standard InChI is InChI=1S/C14H16Cl2N2/c1-8(7-17)3-11-4-9(2)12-5-10(15)6-13(16)14(12)18-11/h4-6,8H,3,7,17H2,1-2H3. The van der Waals surface area contributed by atoms with E-state index in [1.54, 1.807) is 6.07 Å². The van der Waals surface area contributed by atoms with Crippen LogP contribution in [0.2, 0.25) is 10.0 Å². The third kappa shape index (κ3) is 2.77. The van der Waals surface area contributed by atoms with Gasteiger partial charge in [0.15, 0.2) is 0 Å². The summed E-state index contributed by atoms with van der Waals surface area (Å²) in [4.78, 5) is 4.62. The van der Waals surface area contributed by atoms with Crippen LogP contribution in [-0.4, -0.2) is 11.5 Å². The van der Waals surface area contributed by atoms with Crippen molar-refractivity contribution in [2.24, 2.45) is 11.7 Å². The highest BCUT2D eigenvalue weighted by Gasteiger charge is 2.09. The van der Waals surface area contributed by atoms with Crippen molar-refractivity contribution < 1.29 is 0 Å². The number of aromatic nitrogens is 1. The van der Waals surface area contributed by atoms with Crippen molar-refractivity contribution in [1.29, 1.82) is 0 Å². The van der Waals surface area contributed by atoms with Gasteiger partial charge >= 0.3 is 0 Å². The number of hydrogen-bond donors (Lipinski definition) is 1. The summed E-state index contributed by atoms with van der Waals surface area (Å²) in [5.41, 5.74) is 8.64. The first-order chi connectivity index (χ1) is 8.51. The largest absolute Gasteiger partial charge is 0.330 e. The van der Waals surface area contributed by atoms with Gasteiger partial charge in [0, 0.05) is 16.1 Å². The summed E-state index contributed by atoms with van der Waals surface area (Å²) in [6, 6.07) is 5.72. The molecule has 0 spiro atoms. The Morgan fingerprint density at radius 2 is 2.00 bits per heavy atom. The Bertz CT molecular complexity index is 582. The molecule has 1 atom stereocenters. The quantitative estimate of drug-likeness (QED) is 0.925. The molecule has 18 heavy (non-hydrogen) atoms. The predicted molar refractivity (Wildman–Crippen MR) is 78.4 cm³/mol.